The van der Waals surface area contributed by atoms with E-state index in [4.69, 9.17) is 21.1 Å². The maximum absolute atomic E-state index is 13.3. The van der Waals surface area contributed by atoms with Gasteiger partial charge in [0.05, 0.1) is 19.3 Å². The summed E-state index contributed by atoms with van der Waals surface area (Å²) in [6.07, 6.45) is 3.67. The number of hydrogen-bond donors (Lipinski definition) is 2. The molecule has 3 aromatic rings. The number of aromatic amines is 1. The molecular formula is C27H30ClN3O4. The average Bonchev–Trinajstić information content (AvgIpc) is 3.37. The number of H-pyrrole nitrogens is 1. The van der Waals surface area contributed by atoms with Gasteiger partial charge in [0.25, 0.3) is 5.91 Å². The van der Waals surface area contributed by atoms with Gasteiger partial charge in [-0.25, -0.2) is 0 Å². The van der Waals surface area contributed by atoms with Crippen molar-refractivity contribution in [2.45, 2.75) is 39.7 Å². The highest BCUT2D eigenvalue weighted by Gasteiger charge is 2.42. The zero-order chi connectivity index (χ0) is 25.1. The molecule has 1 amide bonds. The summed E-state index contributed by atoms with van der Waals surface area (Å²) in [6, 6.07) is 8.54. The number of ether oxygens (including phenoxy) is 2. The molecule has 1 unspecified atom stereocenters. The van der Waals surface area contributed by atoms with Gasteiger partial charge in [-0.15, -0.1) is 6.58 Å². The number of rotatable bonds is 10. The van der Waals surface area contributed by atoms with Crippen molar-refractivity contribution < 1.29 is 19.4 Å². The predicted molar refractivity (Wildman–Crippen MR) is 137 cm³/mol. The van der Waals surface area contributed by atoms with E-state index >= 15 is 0 Å². The number of nitrogens with zero attached hydrogens (tertiary/aromatic N) is 2. The normalized spacial score (nSPS) is 14.8. The van der Waals surface area contributed by atoms with Gasteiger partial charge in [0.15, 0.2) is 11.5 Å². The second-order valence-electron chi connectivity index (χ2n) is 8.47. The summed E-state index contributed by atoms with van der Waals surface area (Å²) in [7, 11) is 0. The van der Waals surface area contributed by atoms with Crippen LogP contribution in [0.2, 0.25) is 5.02 Å². The Morgan fingerprint density at radius 3 is 2.74 bits per heavy atom. The minimum Gasteiger partial charge on any atom is -0.507 e. The molecule has 0 spiro atoms. The standard InChI is InChI=1S/C27H30ClN3O4/c1-5-8-12-35-21-10-9-17(14-22(21)34-7-3)26-23-24(18-15-19(28)16(4)13-20(18)32)29-30-25(23)27(33)31(26)11-6-2/h6,9-10,13-15,26,32H,2,5,7-8,11-12H2,1,3-4H3,(H,29,30). The first-order chi connectivity index (χ1) is 16.9. The number of nitrogens with one attached hydrogen (secondary N) is 1. The van der Waals surface area contributed by atoms with Crippen molar-refractivity contribution in [1.82, 2.24) is 15.1 Å². The van der Waals surface area contributed by atoms with E-state index in [1.165, 1.54) is 0 Å². The predicted octanol–water partition coefficient (Wildman–Crippen LogP) is 6.05. The molecule has 0 aliphatic carbocycles. The van der Waals surface area contributed by atoms with Crippen LogP contribution < -0.4 is 9.47 Å². The van der Waals surface area contributed by atoms with E-state index in [0.29, 0.717) is 58.8 Å². The summed E-state index contributed by atoms with van der Waals surface area (Å²) in [5.74, 6) is 1.14. The minimum absolute atomic E-state index is 0.0456. The molecule has 1 aliphatic heterocycles. The fraction of sp³-hybridized carbons (Fsp3) is 0.333. The smallest absolute Gasteiger partial charge is 0.273 e. The van der Waals surface area contributed by atoms with E-state index in [2.05, 4.69) is 23.7 Å². The van der Waals surface area contributed by atoms with Crippen molar-refractivity contribution in [3.8, 4) is 28.5 Å². The summed E-state index contributed by atoms with van der Waals surface area (Å²) >= 11 is 6.37. The minimum atomic E-state index is -0.465. The first-order valence-corrected chi connectivity index (χ1v) is 12.2. The van der Waals surface area contributed by atoms with Gasteiger partial charge >= 0.3 is 0 Å². The van der Waals surface area contributed by atoms with Crippen LogP contribution in [0.3, 0.4) is 0 Å². The zero-order valence-electron chi connectivity index (χ0n) is 20.2. The van der Waals surface area contributed by atoms with Gasteiger partial charge in [0.2, 0.25) is 0 Å². The lowest BCUT2D eigenvalue weighted by Crippen LogP contribution is -2.29. The molecule has 0 fully saturated rings. The number of amides is 1. The van der Waals surface area contributed by atoms with Crippen LogP contribution in [0, 0.1) is 6.92 Å². The second-order valence-corrected chi connectivity index (χ2v) is 8.88. The summed E-state index contributed by atoms with van der Waals surface area (Å²) < 4.78 is 11.8. The van der Waals surface area contributed by atoms with E-state index in [9.17, 15) is 9.90 Å². The fourth-order valence-electron chi connectivity index (χ4n) is 4.34. The number of carbonyl (C=O) groups excluding carboxylic acids is 1. The summed E-state index contributed by atoms with van der Waals surface area (Å²) in [6.45, 7) is 11.1. The molecule has 35 heavy (non-hydrogen) atoms. The maximum Gasteiger partial charge on any atom is 0.273 e. The second kappa shape index (κ2) is 10.4. The number of fused-ring (bicyclic) bond motifs is 1. The van der Waals surface area contributed by atoms with Crippen LogP contribution >= 0.6 is 11.6 Å². The number of aryl methyl sites for hydroxylation is 1. The molecule has 184 valence electrons. The molecule has 4 rings (SSSR count). The topological polar surface area (TPSA) is 87.7 Å². The van der Waals surface area contributed by atoms with Crippen molar-refractivity contribution in [2.24, 2.45) is 0 Å². The van der Waals surface area contributed by atoms with Crippen LogP contribution in [0.25, 0.3) is 11.3 Å². The van der Waals surface area contributed by atoms with Crippen LogP contribution in [0.1, 0.15) is 59.9 Å². The van der Waals surface area contributed by atoms with E-state index < -0.39 is 6.04 Å². The Kier molecular flexibility index (Phi) is 7.36. The molecule has 0 saturated carbocycles. The third-order valence-electron chi connectivity index (χ3n) is 6.06. The third kappa shape index (κ3) is 4.60. The molecule has 8 heteroatoms. The van der Waals surface area contributed by atoms with Gasteiger partial charge in [-0.05, 0) is 55.7 Å². The number of aromatic nitrogens is 2. The molecule has 1 atom stereocenters. The van der Waals surface area contributed by atoms with Crippen molar-refractivity contribution in [1.29, 1.82) is 0 Å². The largest absolute Gasteiger partial charge is 0.507 e. The molecule has 0 radical (unpaired) electrons. The lowest BCUT2D eigenvalue weighted by Gasteiger charge is -2.26. The Hall–Kier alpha value is -3.45. The van der Waals surface area contributed by atoms with Crippen LogP contribution in [-0.2, 0) is 0 Å². The summed E-state index contributed by atoms with van der Waals surface area (Å²) in [5, 5.41) is 18.5. The molecule has 0 bridgehead atoms. The molecule has 1 aromatic heterocycles. The Morgan fingerprint density at radius 2 is 2.03 bits per heavy atom. The van der Waals surface area contributed by atoms with Crippen molar-refractivity contribution in [2.75, 3.05) is 19.8 Å². The summed E-state index contributed by atoms with van der Waals surface area (Å²) in [4.78, 5) is 15.1. The number of halogens is 1. The van der Waals surface area contributed by atoms with Gasteiger partial charge < -0.3 is 19.5 Å². The number of hydrogen-bond acceptors (Lipinski definition) is 5. The van der Waals surface area contributed by atoms with Gasteiger partial charge in [-0.2, -0.15) is 5.10 Å². The lowest BCUT2D eigenvalue weighted by atomic mass is 9.95. The van der Waals surface area contributed by atoms with E-state index in [0.717, 1.165) is 24.0 Å². The zero-order valence-corrected chi connectivity index (χ0v) is 21.0. The average molecular weight is 496 g/mol. The lowest BCUT2D eigenvalue weighted by molar-refractivity contribution is 0.0764. The van der Waals surface area contributed by atoms with Crippen LogP contribution in [0.15, 0.2) is 43.0 Å². The van der Waals surface area contributed by atoms with Crippen molar-refractivity contribution >= 4 is 17.5 Å². The quantitative estimate of drug-likeness (QED) is 0.264. The molecular weight excluding hydrogens is 466 g/mol. The molecule has 2 N–H and O–H groups in total. The van der Waals surface area contributed by atoms with Crippen molar-refractivity contribution in [3.63, 3.8) is 0 Å². The number of unbranched alkanes of at least 4 members (excludes halogenated alkanes) is 1. The summed E-state index contributed by atoms with van der Waals surface area (Å²) in [5.41, 5.74) is 3.58. The Morgan fingerprint density at radius 1 is 1.23 bits per heavy atom. The van der Waals surface area contributed by atoms with Gasteiger partial charge in [-0.3, -0.25) is 9.89 Å². The number of phenolic OH excluding ortho intramolecular Hbond substituents is 1. The number of aromatic hydroxyl groups is 1. The Bertz CT molecular complexity index is 1250. The highest BCUT2D eigenvalue weighted by molar-refractivity contribution is 6.31. The highest BCUT2D eigenvalue weighted by atomic mass is 35.5. The third-order valence-corrected chi connectivity index (χ3v) is 6.47. The Balaban J connectivity index is 1.84. The first kappa shape index (κ1) is 24.7. The van der Waals surface area contributed by atoms with Crippen LogP contribution in [0.4, 0.5) is 0 Å². The van der Waals surface area contributed by atoms with Crippen LogP contribution in [-0.4, -0.2) is 45.9 Å². The fourth-order valence-corrected chi connectivity index (χ4v) is 4.50. The van der Waals surface area contributed by atoms with Crippen LogP contribution in [0.5, 0.6) is 17.2 Å². The SMILES string of the molecule is C=CCN1C(=O)c2[nH]nc(-c3cc(Cl)c(C)cc3O)c2C1c1ccc(OCCCC)c(OCC)c1. The van der Waals surface area contributed by atoms with E-state index in [-0.39, 0.29) is 11.7 Å². The maximum atomic E-state index is 13.3. The molecule has 0 saturated heterocycles. The van der Waals surface area contributed by atoms with E-state index in [1.807, 2.05) is 32.0 Å². The molecule has 7 nitrogen and oxygen atoms in total. The first-order valence-electron chi connectivity index (χ1n) is 11.8. The highest BCUT2D eigenvalue weighted by Crippen LogP contribution is 2.46. The van der Waals surface area contributed by atoms with Gasteiger partial charge in [0.1, 0.15) is 17.1 Å². The Labute approximate surface area is 210 Å². The van der Waals surface area contributed by atoms with E-state index in [1.54, 1.807) is 23.1 Å². The van der Waals surface area contributed by atoms with Gasteiger partial charge in [-0.1, -0.05) is 37.1 Å². The number of benzene rings is 2. The molecule has 1 aliphatic rings. The number of phenols is 1. The molecule has 2 aromatic carbocycles. The van der Waals surface area contributed by atoms with Crippen molar-refractivity contribution in [3.05, 3.63) is 70.4 Å². The number of carbonyl (C=O) groups is 1. The monoisotopic (exact) mass is 495 g/mol. The van der Waals surface area contributed by atoms with Gasteiger partial charge in [0, 0.05) is 22.7 Å². The molecule has 2 heterocycles.